The second kappa shape index (κ2) is 4.98. The molecular formula is C11H17ClN2O2S. The monoisotopic (exact) mass is 276 g/mol. The lowest BCUT2D eigenvalue weighted by atomic mass is 10.0. The van der Waals surface area contributed by atoms with Crippen LogP contribution >= 0.6 is 11.6 Å². The van der Waals surface area contributed by atoms with Crippen LogP contribution in [0.15, 0.2) is 12.4 Å². The number of hydrogen-bond acceptors (Lipinski definition) is 3. The molecule has 1 aliphatic heterocycles. The van der Waals surface area contributed by atoms with Crippen molar-refractivity contribution in [1.82, 2.24) is 9.78 Å². The number of aromatic nitrogens is 2. The van der Waals surface area contributed by atoms with Crippen molar-refractivity contribution in [1.29, 1.82) is 0 Å². The molecule has 0 radical (unpaired) electrons. The van der Waals surface area contributed by atoms with Crippen molar-refractivity contribution in [3.63, 3.8) is 0 Å². The Morgan fingerprint density at radius 2 is 2.41 bits per heavy atom. The quantitative estimate of drug-likeness (QED) is 0.791. The van der Waals surface area contributed by atoms with Gasteiger partial charge in [-0.2, -0.15) is 5.10 Å². The first-order valence-electron chi connectivity index (χ1n) is 5.88. The van der Waals surface area contributed by atoms with Crippen molar-refractivity contribution in [3.05, 3.63) is 18.0 Å². The second-order valence-corrected chi connectivity index (χ2v) is 7.30. The van der Waals surface area contributed by atoms with E-state index in [4.69, 9.17) is 11.6 Å². The third kappa shape index (κ3) is 3.01. The molecule has 0 N–H and O–H groups in total. The van der Waals surface area contributed by atoms with Gasteiger partial charge in [-0.05, 0) is 18.8 Å². The molecule has 6 heteroatoms. The molecule has 96 valence electrons. The van der Waals surface area contributed by atoms with E-state index in [1.807, 2.05) is 10.9 Å². The van der Waals surface area contributed by atoms with Crippen LogP contribution in [0.2, 0.25) is 0 Å². The minimum Gasteiger partial charge on any atom is -0.272 e. The molecule has 0 bridgehead atoms. The van der Waals surface area contributed by atoms with Gasteiger partial charge in [0.1, 0.15) is 0 Å². The summed E-state index contributed by atoms with van der Waals surface area (Å²) in [5.41, 5.74) is 0.933. The molecule has 1 aromatic heterocycles. The first-order chi connectivity index (χ1) is 8.02. The molecule has 0 saturated carbocycles. The van der Waals surface area contributed by atoms with E-state index in [0.717, 1.165) is 18.5 Å². The molecule has 4 nitrogen and oxygen atoms in total. The van der Waals surface area contributed by atoms with E-state index in [0.29, 0.717) is 6.42 Å². The van der Waals surface area contributed by atoms with Gasteiger partial charge in [-0.15, -0.1) is 11.6 Å². The van der Waals surface area contributed by atoms with Crippen molar-refractivity contribution >= 4 is 21.4 Å². The lowest BCUT2D eigenvalue weighted by Crippen LogP contribution is -2.10. The smallest absolute Gasteiger partial charge is 0.150 e. The van der Waals surface area contributed by atoms with Gasteiger partial charge >= 0.3 is 0 Å². The van der Waals surface area contributed by atoms with Gasteiger partial charge in [0, 0.05) is 18.3 Å². The Balaban J connectivity index is 2.06. The summed E-state index contributed by atoms with van der Waals surface area (Å²) in [5.74, 6) is 0.505. The normalized spacial score (nSPS) is 24.9. The van der Waals surface area contributed by atoms with E-state index in [1.54, 1.807) is 6.20 Å². The molecule has 1 saturated heterocycles. The van der Waals surface area contributed by atoms with Gasteiger partial charge in [0.25, 0.3) is 0 Å². The van der Waals surface area contributed by atoms with Crippen LogP contribution in [0, 0.1) is 5.92 Å². The Bertz CT molecular complexity index is 483. The SMILES string of the molecule is CCCn1cc(C(Cl)C2CCS(=O)(=O)C2)cn1. The summed E-state index contributed by atoms with van der Waals surface area (Å²) < 4.78 is 24.7. The van der Waals surface area contributed by atoms with Crippen LogP contribution in [0.1, 0.15) is 30.7 Å². The van der Waals surface area contributed by atoms with Crippen molar-refractivity contribution < 1.29 is 8.42 Å². The number of nitrogens with zero attached hydrogens (tertiary/aromatic N) is 2. The van der Waals surface area contributed by atoms with Crippen molar-refractivity contribution in [2.45, 2.75) is 31.7 Å². The molecular weight excluding hydrogens is 260 g/mol. The van der Waals surface area contributed by atoms with E-state index in [1.165, 1.54) is 0 Å². The van der Waals surface area contributed by atoms with Gasteiger partial charge in [-0.25, -0.2) is 8.42 Å². The lowest BCUT2D eigenvalue weighted by molar-refractivity contribution is 0.566. The van der Waals surface area contributed by atoms with E-state index in [2.05, 4.69) is 12.0 Å². The highest BCUT2D eigenvalue weighted by Gasteiger charge is 2.33. The Morgan fingerprint density at radius 3 is 3.00 bits per heavy atom. The van der Waals surface area contributed by atoms with E-state index in [-0.39, 0.29) is 22.8 Å². The van der Waals surface area contributed by atoms with Crippen molar-refractivity contribution in [3.8, 4) is 0 Å². The highest BCUT2D eigenvalue weighted by atomic mass is 35.5. The van der Waals surface area contributed by atoms with Gasteiger partial charge < -0.3 is 0 Å². The predicted molar refractivity (Wildman–Crippen MR) is 67.9 cm³/mol. The number of halogens is 1. The summed E-state index contributed by atoms with van der Waals surface area (Å²) in [7, 11) is -2.86. The molecule has 0 spiro atoms. The fourth-order valence-electron chi connectivity index (χ4n) is 2.20. The first-order valence-corrected chi connectivity index (χ1v) is 8.14. The Hall–Kier alpha value is -0.550. The second-order valence-electron chi connectivity index (χ2n) is 4.60. The van der Waals surface area contributed by atoms with Crippen molar-refractivity contribution in [2.75, 3.05) is 11.5 Å². The largest absolute Gasteiger partial charge is 0.272 e. The van der Waals surface area contributed by atoms with Crippen LogP contribution in [-0.2, 0) is 16.4 Å². The van der Waals surface area contributed by atoms with Gasteiger partial charge in [0.05, 0.1) is 23.1 Å². The highest BCUT2D eigenvalue weighted by Crippen LogP contribution is 2.35. The topological polar surface area (TPSA) is 52.0 Å². The van der Waals surface area contributed by atoms with E-state index < -0.39 is 9.84 Å². The molecule has 1 aliphatic rings. The van der Waals surface area contributed by atoms with Gasteiger partial charge in [0.2, 0.25) is 0 Å². The average Bonchev–Trinajstić information content (AvgIpc) is 2.85. The van der Waals surface area contributed by atoms with E-state index in [9.17, 15) is 8.42 Å². The summed E-state index contributed by atoms with van der Waals surface area (Å²) in [4.78, 5) is 0. The molecule has 2 unspecified atom stereocenters. The highest BCUT2D eigenvalue weighted by molar-refractivity contribution is 7.91. The summed E-state index contributed by atoms with van der Waals surface area (Å²) >= 11 is 6.34. The minimum atomic E-state index is -2.86. The number of alkyl halides is 1. The molecule has 2 atom stereocenters. The summed E-state index contributed by atoms with van der Waals surface area (Å²) in [6, 6.07) is 0. The molecule has 1 aromatic rings. The number of aryl methyl sites for hydroxylation is 1. The fraction of sp³-hybridized carbons (Fsp3) is 0.727. The van der Waals surface area contributed by atoms with Crippen LogP contribution in [0.5, 0.6) is 0 Å². The third-order valence-electron chi connectivity index (χ3n) is 3.11. The maximum atomic E-state index is 11.4. The molecule has 0 aliphatic carbocycles. The fourth-order valence-corrected chi connectivity index (χ4v) is 4.47. The zero-order chi connectivity index (χ0) is 12.5. The molecule has 1 fully saturated rings. The zero-order valence-corrected chi connectivity index (χ0v) is 11.4. The molecule has 2 heterocycles. The molecule has 0 amide bonds. The average molecular weight is 277 g/mol. The van der Waals surface area contributed by atoms with Crippen LogP contribution in [0.3, 0.4) is 0 Å². The first kappa shape index (κ1) is 12.9. The van der Waals surface area contributed by atoms with Crippen LogP contribution in [0.25, 0.3) is 0 Å². The summed E-state index contributed by atoms with van der Waals surface area (Å²) in [6.07, 6.45) is 5.35. The molecule has 0 aromatic carbocycles. The van der Waals surface area contributed by atoms with Crippen LogP contribution in [0.4, 0.5) is 0 Å². The molecule has 17 heavy (non-hydrogen) atoms. The van der Waals surface area contributed by atoms with E-state index >= 15 is 0 Å². The Kier molecular flexibility index (Phi) is 3.78. The minimum absolute atomic E-state index is 0.0287. The van der Waals surface area contributed by atoms with Gasteiger partial charge in [-0.1, -0.05) is 6.92 Å². The number of rotatable bonds is 4. The maximum absolute atomic E-state index is 11.4. The van der Waals surface area contributed by atoms with Crippen LogP contribution in [-0.4, -0.2) is 29.7 Å². The van der Waals surface area contributed by atoms with Crippen LogP contribution < -0.4 is 0 Å². The Morgan fingerprint density at radius 1 is 1.65 bits per heavy atom. The predicted octanol–water partition coefficient (Wildman–Crippen LogP) is 2.01. The zero-order valence-electron chi connectivity index (χ0n) is 9.84. The van der Waals surface area contributed by atoms with Gasteiger partial charge in [-0.3, -0.25) is 4.68 Å². The third-order valence-corrected chi connectivity index (χ3v) is 5.51. The number of sulfone groups is 1. The van der Waals surface area contributed by atoms with Gasteiger partial charge in [0.15, 0.2) is 9.84 Å². The number of hydrogen-bond donors (Lipinski definition) is 0. The lowest BCUT2D eigenvalue weighted by Gasteiger charge is -2.13. The molecule has 2 rings (SSSR count). The summed E-state index contributed by atoms with van der Waals surface area (Å²) in [6.45, 7) is 2.95. The summed E-state index contributed by atoms with van der Waals surface area (Å²) in [5, 5.41) is 3.98. The standard InChI is InChI=1S/C11H17ClN2O2S/c1-2-4-14-7-10(6-13-14)11(12)9-3-5-17(15,16)8-9/h6-7,9,11H,2-5,8H2,1H3. The maximum Gasteiger partial charge on any atom is 0.150 e. The Labute approximate surface area is 107 Å². The van der Waals surface area contributed by atoms with Crippen molar-refractivity contribution in [2.24, 2.45) is 5.92 Å².